The lowest BCUT2D eigenvalue weighted by atomic mass is 10.4. The van der Waals surface area contributed by atoms with Gasteiger partial charge >= 0.3 is 12.0 Å². The maximum absolute atomic E-state index is 12.0. The van der Waals surface area contributed by atoms with Crippen molar-refractivity contribution in [3.8, 4) is 0 Å². The van der Waals surface area contributed by atoms with Crippen LogP contribution in [0, 0.1) is 0 Å². The first kappa shape index (κ1) is 12.6. The summed E-state index contributed by atoms with van der Waals surface area (Å²) in [6, 6.07) is -0.308. The quantitative estimate of drug-likeness (QED) is 0.706. The Morgan fingerprint density at radius 3 is 2.85 bits per heavy atom. The Bertz CT molecular complexity index is 759. The summed E-state index contributed by atoms with van der Waals surface area (Å²) in [7, 11) is -4.18. The number of carboxylic acids is 1. The Labute approximate surface area is 112 Å². The largest absolute Gasteiger partial charge is 0.478 e. The smallest absolute Gasteiger partial charge is 0.340 e. The Hall–Kier alpha value is -2.43. The van der Waals surface area contributed by atoms with Gasteiger partial charge in [-0.05, 0) is 12.8 Å². The van der Waals surface area contributed by atoms with E-state index in [0.29, 0.717) is 5.89 Å². The molecule has 0 aliphatic heterocycles. The molecule has 0 unspecified atom stereocenters. The molecule has 2 heterocycles. The summed E-state index contributed by atoms with van der Waals surface area (Å²) >= 11 is 0. The van der Waals surface area contributed by atoms with E-state index < -0.39 is 26.6 Å². The lowest BCUT2D eigenvalue weighted by Gasteiger charge is -2.02. The minimum absolute atomic E-state index is 0.183. The van der Waals surface area contributed by atoms with Crippen molar-refractivity contribution in [2.24, 2.45) is 0 Å². The van der Waals surface area contributed by atoms with Gasteiger partial charge in [0.2, 0.25) is 5.89 Å². The summed E-state index contributed by atoms with van der Waals surface area (Å²) in [5.74, 6) is -0.864. The molecule has 0 atom stereocenters. The van der Waals surface area contributed by atoms with Crippen molar-refractivity contribution >= 4 is 22.0 Å². The molecule has 106 valence electrons. The lowest BCUT2D eigenvalue weighted by Crippen LogP contribution is -2.16. The zero-order chi connectivity index (χ0) is 14.3. The molecule has 2 aromatic rings. The van der Waals surface area contributed by atoms with Crippen molar-refractivity contribution in [2.45, 2.75) is 23.8 Å². The lowest BCUT2D eigenvalue weighted by molar-refractivity contribution is 0.0692. The van der Waals surface area contributed by atoms with Gasteiger partial charge in [0.05, 0.1) is 6.20 Å². The van der Waals surface area contributed by atoms with Crippen LogP contribution in [0.15, 0.2) is 15.6 Å². The molecule has 11 heteroatoms. The molecular weight excluding hydrogens is 290 g/mol. The van der Waals surface area contributed by atoms with E-state index in [1.54, 1.807) is 0 Å². The highest BCUT2D eigenvalue weighted by Crippen LogP contribution is 2.39. The highest BCUT2D eigenvalue weighted by Gasteiger charge is 2.31. The number of H-pyrrole nitrogens is 1. The van der Waals surface area contributed by atoms with E-state index in [2.05, 4.69) is 20.4 Å². The molecule has 0 radical (unpaired) electrons. The average molecular weight is 299 g/mol. The van der Waals surface area contributed by atoms with Crippen LogP contribution in [0.5, 0.6) is 0 Å². The highest BCUT2D eigenvalue weighted by molar-refractivity contribution is 7.92. The first-order chi connectivity index (χ1) is 9.47. The molecule has 1 aliphatic rings. The number of hydrogen-bond acceptors (Lipinski definition) is 7. The Morgan fingerprint density at radius 2 is 2.20 bits per heavy atom. The summed E-state index contributed by atoms with van der Waals surface area (Å²) in [6.07, 6.45) is 2.76. The van der Waals surface area contributed by atoms with E-state index in [-0.39, 0.29) is 11.9 Å². The summed E-state index contributed by atoms with van der Waals surface area (Å²) in [4.78, 5) is 10.9. The van der Waals surface area contributed by atoms with Crippen LogP contribution < -0.4 is 4.72 Å². The van der Waals surface area contributed by atoms with E-state index in [1.165, 1.54) is 0 Å². The van der Waals surface area contributed by atoms with Gasteiger partial charge in [0.1, 0.15) is 5.56 Å². The SMILES string of the molecule is O=C(O)c1cn[nH]c1S(=O)(=O)Nc1nnc(C2CC2)o1. The molecular formula is C9H9N5O5S. The van der Waals surface area contributed by atoms with Crippen molar-refractivity contribution in [1.82, 2.24) is 20.4 Å². The summed E-state index contributed by atoms with van der Waals surface area (Å²) in [5.41, 5.74) is -0.473. The van der Waals surface area contributed by atoms with Gasteiger partial charge in [-0.3, -0.25) is 5.10 Å². The highest BCUT2D eigenvalue weighted by atomic mass is 32.2. The summed E-state index contributed by atoms with van der Waals surface area (Å²) in [5, 5.41) is 21.1. The third kappa shape index (κ3) is 2.22. The maximum Gasteiger partial charge on any atom is 0.340 e. The number of carbonyl (C=O) groups is 1. The van der Waals surface area contributed by atoms with E-state index in [9.17, 15) is 13.2 Å². The van der Waals surface area contributed by atoms with Crippen LogP contribution in [0.2, 0.25) is 0 Å². The number of nitrogens with one attached hydrogen (secondary N) is 2. The standard InChI is InChI=1S/C9H9N5O5S/c15-8(16)5-3-10-12-7(5)20(17,18)14-9-13-11-6(19-9)4-1-2-4/h3-4H,1-2H2,(H,10,12)(H,13,14)(H,15,16). The van der Waals surface area contributed by atoms with Crippen LogP contribution in [-0.2, 0) is 10.0 Å². The molecule has 3 rings (SSSR count). The predicted octanol–water partition coefficient (Wildman–Crippen LogP) is 0.169. The Balaban J connectivity index is 1.87. The minimum atomic E-state index is -4.18. The fourth-order valence-electron chi connectivity index (χ4n) is 1.57. The number of nitrogens with zero attached hydrogens (tertiary/aromatic N) is 3. The average Bonchev–Trinajstić information content (AvgIpc) is 2.91. The molecule has 2 aromatic heterocycles. The van der Waals surface area contributed by atoms with E-state index in [4.69, 9.17) is 9.52 Å². The van der Waals surface area contributed by atoms with Crippen LogP contribution in [0.3, 0.4) is 0 Å². The van der Waals surface area contributed by atoms with Crippen molar-refractivity contribution in [3.63, 3.8) is 0 Å². The van der Waals surface area contributed by atoms with Crippen molar-refractivity contribution in [2.75, 3.05) is 4.72 Å². The third-order valence-corrected chi connectivity index (χ3v) is 3.98. The molecule has 1 saturated carbocycles. The second-order valence-electron chi connectivity index (χ2n) is 4.24. The number of aromatic amines is 1. The molecule has 1 fully saturated rings. The van der Waals surface area contributed by atoms with Crippen LogP contribution in [0.1, 0.15) is 35.0 Å². The molecule has 0 aromatic carbocycles. The topological polar surface area (TPSA) is 151 Å². The summed E-state index contributed by atoms with van der Waals surface area (Å²) < 4.78 is 31.2. The monoisotopic (exact) mass is 299 g/mol. The first-order valence-electron chi connectivity index (χ1n) is 5.60. The van der Waals surface area contributed by atoms with E-state index in [0.717, 1.165) is 19.0 Å². The van der Waals surface area contributed by atoms with Crippen LogP contribution in [0.25, 0.3) is 0 Å². The maximum atomic E-state index is 12.0. The fraction of sp³-hybridized carbons (Fsp3) is 0.333. The first-order valence-corrected chi connectivity index (χ1v) is 7.08. The van der Waals surface area contributed by atoms with E-state index in [1.807, 2.05) is 4.72 Å². The number of aromatic nitrogens is 4. The van der Waals surface area contributed by atoms with Gasteiger partial charge < -0.3 is 9.52 Å². The van der Waals surface area contributed by atoms with Gasteiger partial charge in [-0.25, -0.2) is 9.52 Å². The second-order valence-corrected chi connectivity index (χ2v) is 5.86. The molecule has 3 N–H and O–H groups in total. The Kier molecular flexibility index (Phi) is 2.71. The zero-order valence-electron chi connectivity index (χ0n) is 9.90. The number of sulfonamides is 1. The fourth-order valence-corrected chi connectivity index (χ4v) is 2.59. The van der Waals surface area contributed by atoms with Gasteiger partial charge in [0.15, 0.2) is 5.03 Å². The number of rotatable bonds is 5. The van der Waals surface area contributed by atoms with Gasteiger partial charge in [-0.2, -0.15) is 13.5 Å². The number of aromatic carboxylic acids is 1. The summed E-state index contributed by atoms with van der Waals surface area (Å²) in [6.45, 7) is 0. The number of anilines is 1. The molecule has 20 heavy (non-hydrogen) atoms. The van der Waals surface area contributed by atoms with Crippen LogP contribution in [0.4, 0.5) is 6.01 Å². The van der Waals surface area contributed by atoms with Gasteiger partial charge in [-0.15, -0.1) is 5.10 Å². The predicted molar refractivity (Wildman–Crippen MR) is 62.6 cm³/mol. The molecule has 0 spiro atoms. The van der Waals surface area contributed by atoms with Gasteiger partial charge in [-0.1, -0.05) is 5.10 Å². The van der Waals surface area contributed by atoms with E-state index >= 15 is 0 Å². The molecule has 1 aliphatic carbocycles. The van der Waals surface area contributed by atoms with Gasteiger partial charge in [0.25, 0.3) is 10.0 Å². The number of carboxylic acid groups (broad SMARTS) is 1. The van der Waals surface area contributed by atoms with Crippen molar-refractivity contribution in [1.29, 1.82) is 0 Å². The normalized spacial score (nSPS) is 15.2. The van der Waals surface area contributed by atoms with Crippen molar-refractivity contribution < 1.29 is 22.7 Å². The minimum Gasteiger partial charge on any atom is -0.478 e. The third-order valence-electron chi connectivity index (χ3n) is 2.69. The molecule has 10 nitrogen and oxygen atoms in total. The van der Waals surface area contributed by atoms with Crippen molar-refractivity contribution in [3.05, 3.63) is 17.7 Å². The Morgan fingerprint density at radius 1 is 1.45 bits per heavy atom. The van der Waals surface area contributed by atoms with Crippen LogP contribution >= 0.6 is 0 Å². The molecule has 0 bridgehead atoms. The molecule has 0 amide bonds. The number of hydrogen-bond donors (Lipinski definition) is 3. The second kappa shape index (κ2) is 4.30. The van der Waals surface area contributed by atoms with Crippen LogP contribution in [-0.4, -0.2) is 39.9 Å². The molecule has 0 saturated heterocycles. The van der Waals surface area contributed by atoms with Gasteiger partial charge in [0, 0.05) is 5.92 Å². The zero-order valence-corrected chi connectivity index (χ0v) is 10.7.